The van der Waals surface area contributed by atoms with Crippen molar-refractivity contribution in [2.75, 3.05) is 11.9 Å². The summed E-state index contributed by atoms with van der Waals surface area (Å²) >= 11 is 0. The number of rotatable bonds is 3. The number of carbonyl (C=O) groups excluding carboxylic acids is 3. The molecule has 3 aromatic rings. The highest BCUT2D eigenvalue weighted by molar-refractivity contribution is 6.21. The molecule has 0 spiro atoms. The monoisotopic (exact) mass is 505 g/mol. The molecule has 4 aliphatic rings. The Kier molecular flexibility index (Phi) is 5.57. The van der Waals surface area contributed by atoms with Gasteiger partial charge in [-0.15, -0.1) is 0 Å². The molecular weight excluding hydrogens is 474 g/mol. The molecule has 0 bridgehead atoms. The van der Waals surface area contributed by atoms with E-state index in [2.05, 4.69) is 46.6 Å². The summed E-state index contributed by atoms with van der Waals surface area (Å²) in [6, 6.07) is 25.5. The predicted molar refractivity (Wildman–Crippen MR) is 144 cm³/mol. The zero-order valence-electron chi connectivity index (χ0n) is 21.3. The van der Waals surface area contributed by atoms with Crippen molar-refractivity contribution in [2.24, 2.45) is 11.8 Å². The maximum atomic E-state index is 14.4. The first kappa shape index (κ1) is 23.2. The quantitative estimate of drug-likeness (QED) is 0.471. The molecule has 1 N–H and O–H groups in total. The van der Waals surface area contributed by atoms with Crippen molar-refractivity contribution in [2.45, 2.75) is 50.2 Å². The SMILES string of the molecule is O=C([C@H]1CCCC[C@H]1N1C(=O)c2ccccc2C1=O)N1CC[C@@H]2[C@H](c3ccccc3)Nc3ccccc3[C@@H]21. The predicted octanol–water partition coefficient (Wildman–Crippen LogP) is 5.60. The molecule has 5 atom stereocenters. The summed E-state index contributed by atoms with van der Waals surface area (Å²) in [5.41, 5.74) is 4.36. The van der Waals surface area contributed by atoms with Crippen LogP contribution in [0.2, 0.25) is 0 Å². The fourth-order valence-electron chi connectivity index (χ4n) is 7.39. The molecule has 38 heavy (non-hydrogen) atoms. The fourth-order valence-corrected chi connectivity index (χ4v) is 7.39. The average Bonchev–Trinajstić information content (AvgIpc) is 3.52. The Labute approximate surface area is 222 Å². The van der Waals surface area contributed by atoms with Crippen LogP contribution in [0.5, 0.6) is 0 Å². The lowest BCUT2D eigenvalue weighted by Crippen LogP contribution is -2.52. The molecule has 6 heteroatoms. The third kappa shape index (κ3) is 3.50. The number of anilines is 1. The standard InChI is InChI=1S/C32H31N3O3/c36-30(24-15-7-9-17-27(24)35-31(37)21-12-4-5-13-22(21)32(35)38)34-19-18-25-28(20-10-2-1-3-11-20)33-26-16-8-6-14-23(26)29(25)34/h1-6,8,10-14,16,24-25,27-29,33H,7,9,15,17-19H2/t24-,25+,27+,28-,29-/m0/s1. The van der Waals surface area contributed by atoms with Crippen LogP contribution in [0.15, 0.2) is 78.9 Å². The largest absolute Gasteiger partial charge is 0.378 e. The summed E-state index contributed by atoms with van der Waals surface area (Å²) in [4.78, 5) is 44.6. The van der Waals surface area contributed by atoms with Gasteiger partial charge in [0.2, 0.25) is 5.91 Å². The number of imide groups is 1. The third-order valence-electron chi connectivity index (χ3n) is 9.11. The van der Waals surface area contributed by atoms with Crippen molar-refractivity contribution in [3.05, 3.63) is 101 Å². The molecule has 7 rings (SSSR count). The van der Waals surface area contributed by atoms with Gasteiger partial charge in [0.05, 0.1) is 35.2 Å². The number of hydrogen-bond acceptors (Lipinski definition) is 4. The number of amides is 3. The fraction of sp³-hybridized carbons (Fsp3) is 0.344. The molecule has 3 heterocycles. The second kappa shape index (κ2) is 9.12. The van der Waals surface area contributed by atoms with Gasteiger partial charge in [0.15, 0.2) is 0 Å². The molecule has 0 aromatic heterocycles. The summed E-state index contributed by atoms with van der Waals surface area (Å²) in [7, 11) is 0. The molecule has 0 radical (unpaired) electrons. The van der Waals surface area contributed by atoms with Crippen LogP contribution in [0.1, 0.15) is 76.0 Å². The van der Waals surface area contributed by atoms with Crippen LogP contribution < -0.4 is 5.32 Å². The topological polar surface area (TPSA) is 69.7 Å². The Hall–Kier alpha value is -3.93. The van der Waals surface area contributed by atoms with E-state index in [0.29, 0.717) is 30.5 Å². The average molecular weight is 506 g/mol. The number of nitrogens with one attached hydrogen (secondary N) is 1. The van der Waals surface area contributed by atoms with Gasteiger partial charge in [0, 0.05) is 18.2 Å². The van der Waals surface area contributed by atoms with Crippen LogP contribution in [-0.4, -0.2) is 40.1 Å². The highest BCUT2D eigenvalue weighted by Gasteiger charge is 2.51. The van der Waals surface area contributed by atoms with Gasteiger partial charge in [-0.05, 0) is 48.6 Å². The van der Waals surface area contributed by atoms with Gasteiger partial charge in [-0.1, -0.05) is 73.5 Å². The minimum Gasteiger partial charge on any atom is -0.378 e. The Morgan fingerprint density at radius 1 is 0.763 bits per heavy atom. The number of fused-ring (bicyclic) bond motifs is 4. The van der Waals surface area contributed by atoms with Crippen molar-refractivity contribution in [1.82, 2.24) is 9.80 Å². The molecule has 3 amide bonds. The van der Waals surface area contributed by atoms with E-state index >= 15 is 0 Å². The van der Waals surface area contributed by atoms with E-state index in [0.717, 1.165) is 30.5 Å². The molecule has 1 saturated heterocycles. The molecule has 3 aliphatic heterocycles. The van der Waals surface area contributed by atoms with E-state index in [1.54, 1.807) is 24.3 Å². The second-order valence-electron chi connectivity index (χ2n) is 11.0. The molecule has 2 fully saturated rings. The summed E-state index contributed by atoms with van der Waals surface area (Å²) in [6.45, 7) is 0.679. The van der Waals surface area contributed by atoms with E-state index in [-0.39, 0.29) is 41.6 Å². The highest BCUT2D eigenvalue weighted by atomic mass is 16.2. The van der Waals surface area contributed by atoms with Crippen LogP contribution in [0.3, 0.4) is 0 Å². The van der Waals surface area contributed by atoms with Crippen molar-refractivity contribution >= 4 is 23.4 Å². The lowest BCUT2D eigenvalue weighted by atomic mass is 9.79. The van der Waals surface area contributed by atoms with Gasteiger partial charge in [0.1, 0.15) is 0 Å². The maximum Gasteiger partial charge on any atom is 0.261 e. The normalized spacial score (nSPS) is 27.9. The number of likely N-dealkylation sites (tertiary alicyclic amines) is 1. The second-order valence-corrected chi connectivity index (χ2v) is 11.0. The maximum absolute atomic E-state index is 14.4. The molecular formula is C32H31N3O3. The first-order valence-electron chi connectivity index (χ1n) is 13.8. The molecule has 0 unspecified atom stereocenters. The molecule has 6 nitrogen and oxygen atoms in total. The van der Waals surface area contributed by atoms with Gasteiger partial charge in [-0.25, -0.2) is 0 Å². The lowest BCUT2D eigenvalue weighted by molar-refractivity contribution is -0.139. The van der Waals surface area contributed by atoms with Gasteiger partial charge >= 0.3 is 0 Å². The van der Waals surface area contributed by atoms with Crippen LogP contribution >= 0.6 is 0 Å². The minimum absolute atomic E-state index is 0.0325. The third-order valence-corrected chi connectivity index (χ3v) is 9.11. The van der Waals surface area contributed by atoms with Gasteiger partial charge in [-0.3, -0.25) is 19.3 Å². The lowest BCUT2D eigenvalue weighted by Gasteiger charge is -2.43. The van der Waals surface area contributed by atoms with Crippen molar-refractivity contribution in [3.8, 4) is 0 Å². The molecule has 3 aromatic carbocycles. The summed E-state index contributed by atoms with van der Waals surface area (Å²) in [5, 5.41) is 3.76. The van der Waals surface area contributed by atoms with Gasteiger partial charge in [0.25, 0.3) is 11.8 Å². The molecule has 1 aliphatic carbocycles. The molecule has 1 saturated carbocycles. The van der Waals surface area contributed by atoms with Crippen molar-refractivity contribution in [3.63, 3.8) is 0 Å². The van der Waals surface area contributed by atoms with Crippen LogP contribution in [0, 0.1) is 11.8 Å². The van der Waals surface area contributed by atoms with Crippen molar-refractivity contribution < 1.29 is 14.4 Å². The van der Waals surface area contributed by atoms with E-state index in [1.807, 2.05) is 18.2 Å². The smallest absolute Gasteiger partial charge is 0.261 e. The Morgan fingerprint density at radius 3 is 2.18 bits per heavy atom. The Bertz CT molecular complexity index is 1390. The number of para-hydroxylation sites is 1. The minimum atomic E-state index is -0.399. The molecule has 192 valence electrons. The van der Waals surface area contributed by atoms with Crippen molar-refractivity contribution in [1.29, 1.82) is 0 Å². The van der Waals surface area contributed by atoms with E-state index < -0.39 is 6.04 Å². The number of benzene rings is 3. The zero-order chi connectivity index (χ0) is 25.8. The summed E-state index contributed by atoms with van der Waals surface area (Å²) in [5.74, 6) is -0.557. The summed E-state index contributed by atoms with van der Waals surface area (Å²) < 4.78 is 0. The van der Waals surface area contributed by atoms with Crippen LogP contribution in [0.4, 0.5) is 5.69 Å². The van der Waals surface area contributed by atoms with Crippen LogP contribution in [0.25, 0.3) is 0 Å². The van der Waals surface area contributed by atoms with Gasteiger partial charge < -0.3 is 10.2 Å². The van der Waals surface area contributed by atoms with Gasteiger partial charge in [-0.2, -0.15) is 0 Å². The van der Waals surface area contributed by atoms with E-state index in [9.17, 15) is 14.4 Å². The number of carbonyl (C=O) groups is 3. The number of hydrogen-bond donors (Lipinski definition) is 1. The van der Waals surface area contributed by atoms with E-state index in [4.69, 9.17) is 0 Å². The zero-order valence-corrected chi connectivity index (χ0v) is 21.3. The van der Waals surface area contributed by atoms with Crippen LogP contribution in [-0.2, 0) is 4.79 Å². The van der Waals surface area contributed by atoms with E-state index in [1.165, 1.54) is 10.5 Å². The summed E-state index contributed by atoms with van der Waals surface area (Å²) in [6.07, 6.45) is 4.13. The highest BCUT2D eigenvalue weighted by Crippen LogP contribution is 2.52. The first-order chi connectivity index (χ1) is 18.6. The Morgan fingerprint density at radius 2 is 1.42 bits per heavy atom. The first-order valence-corrected chi connectivity index (χ1v) is 13.8. The number of nitrogens with zero attached hydrogens (tertiary/aromatic N) is 2. The Balaban J connectivity index is 1.22.